The highest BCUT2D eigenvalue weighted by molar-refractivity contribution is 5.74. The zero-order chi connectivity index (χ0) is 12.3. The van der Waals surface area contributed by atoms with Gasteiger partial charge in [0.15, 0.2) is 0 Å². The third-order valence-electron chi connectivity index (χ3n) is 2.54. The number of carbonyl (C=O) groups is 2. The van der Waals surface area contributed by atoms with Gasteiger partial charge in [-0.05, 0) is 33.6 Å². The van der Waals surface area contributed by atoms with Gasteiger partial charge in [-0.15, -0.1) is 0 Å². The Labute approximate surface area is 95.2 Å². The molecule has 0 aliphatic heterocycles. The van der Waals surface area contributed by atoms with E-state index in [1.807, 2.05) is 0 Å². The van der Waals surface area contributed by atoms with Crippen LogP contribution in [0.3, 0.4) is 0 Å². The molecule has 1 amide bonds. The van der Waals surface area contributed by atoms with Crippen molar-refractivity contribution in [3.05, 3.63) is 0 Å². The molecule has 0 aromatic rings. The minimum absolute atomic E-state index is 0.299. The highest BCUT2D eigenvalue weighted by atomic mass is 16.6. The summed E-state index contributed by atoms with van der Waals surface area (Å²) >= 11 is 0. The fraction of sp³-hybridized carbons (Fsp3) is 0.818. The molecule has 0 saturated heterocycles. The summed E-state index contributed by atoms with van der Waals surface area (Å²) in [6.45, 7) is 5.32. The second-order valence-electron chi connectivity index (χ2n) is 5.13. The third-order valence-corrected chi connectivity index (χ3v) is 2.54. The Hall–Kier alpha value is -1.26. The van der Waals surface area contributed by atoms with Gasteiger partial charge in [0.1, 0.15) is 5.60 Å². The van der Waals surface area contributed by atoms with Crippen molar-refractivity contribution in [2.24, 2.45) is 5.92 Å². The zero-order valence-electron chi connectivity index (χ0n) is 9.95. The molecule has 1 aliphatic rings. The van der Waals surface area contributed by atoms with Crippen molar-refractivity contribution in [1.82, 2.24) is 5.32 Å². The Morgan fingerprint density at radius 3 is 2.44 bits per heavy atom. The van der Waals surface area contributed by atoms with Crippen molar-refractivity contribution in [2.75, 3.05) is 0 Å². The lowest BCUT2D eigenvalue weighted by Gasteiger charge is -2.23. The van der Waals surface area contributed by atoms with Crippen molar-refractivity contribution in [2.45, 2.75) is 51.7 Å². The molecule has 1 aliphatic carbocycles. The van der Waals surface area contributed by atoms with Crippen LogP contribution in [0.4, 0.5) is 4.79 Å². The van der Waals surface area contributed by atoms with Crippen LogP contribution >= 0.6 is 0 Å². The van der Waals surface area contributed by atoms with E-state index in [-0.39, 0.29) is 6.04 Å². The van der Waals surface area contributed by atoms with Gasteiger partial charge in [0.2, 0.25) is 0 Å². The van der Waals surface area contributed by atoms with Gasteiger partial charge in [0.25, 0.3) is 0 Å². The number of amides is 1. The van der Waals surface area contributed by atoms with Crippen LogP contribution in [0.1, 0.15) is 40.0 Å². The Kier molecular flexibility index (Phi) is 3.78. The van der Waals surface area contributed by atoms with Gasteiger partial charge < -0.3 is 15.2 Å². The molecule has 0 spiro atoms. The van der Waals surface area contributed by atoms with Gasteiger partial charge in [0, 0.05) is 6.04 Å². The van der Waals surface area contributed by atoms with Crippen molar-refractivity contribution in [3.63, 3.8) is 0 Å². The van der Waals surface area contributed by atoms with Gasteiger partial charge in [-0.25, -0.2) is 4.79 Å². The predicted octanol–water partition coefficient (Wildman–Crippen LogP) is 1.76. The van der Waals surface area contributed by atoms with Crippen molar-refractivity contribution in [1.29, 1.82) is 0 Å². The third kappa shape index (κ3) is 3.72. The van der Waals surface area contributed by atoms with E-state index in [2.05, 4.69) is 5.32 Å². The fourth-order valence-corrected chi connectivity index (χ4v) is 1.89. The summed E-state index contributed by atoms with van der Waals surface area (Å²) in [5.74, 6) is -1.33. The number of alkyl carbamates (subject to hydrolysis) is 1. The Balaban J connectivity index is 2.47. The smallest absolute Gasteiger partial charge is 0.407 e. The topological polar surface area (TPSA) is 75.6 Å². The Morgan fingerprint density at radius 2 is 1.94 bits per heavy atom. The summed E-state index contributed by atoms with van der Waals surface area (Å²) in [7, 11) is 0. The number of carboxylic acid groups (broad SMARTS) is 1. The number of rotatable bonds is 2. The quantitative estimate of drug-likeness (QED) is 0.756. The van der Waals surface area contributed by atoms with Crippen LogP contribution in [0.2, 0.25) is 0 Å². The first-order valence-electron chi connectivity index (χ1n) is 5.52. The average molecular weight is 229 g/mol. The average Bonchev–Trinajstić information content (AvgIpc) is 2.47. The standard InChI is InChI=1S/C11H19NO4/c1-11(2,3)16-10(15)12-8-6-4-5-7(8)9(13)14/h7-8H,4-6H2,1-3H3,(H,12,15)(H,13,14)/t7-,8+/m0/s1. The summed E-state index contributed by atoms with van der Waals surface area (Å²) in [6, 6.07) is -0.299. The summed E-state index contributed by atoms with van der Waals surface area (Å²) in [6.07, 6.45) is 1.62. The van der Waals surface area contributed by atoms with E-state index in [4.69, 9.17) is 9.84 Å². The van der Waals surface area contributed by atoms with Crippen molar-refractivity contribution in [3.8, 4) is 0 Å². The normalized spacial score (nSPS) is 25.2. The summed E-state index contributed by atoms with van der Waals surface area (Å²) in [5.41, 5.74) is -0.554. The highest BCUT2D eigenvalue weighted by Gasteiger charge is 2.34. The fourth-order valence-electron chi connectivity index (χ4n) is 1.89. The number of nitrogens with one attached hydrogen (secondary N) is 1. The molecular formula is C11H19NO4. The monoisotopic (exact) mass is 229 g/mol. The first-order chi connectivity index (χ1) is 7.29. The van der Waals surface area contributed by atoms with Gasteiger partial charge in [0.05, 0.1) is 5.92 Å². The molecule has 0 unspecified atom stereocenters. The Bertz CT molecular complexity index is 282. The minimum atomic E-state index is -0.849. The second kappa shape index (κ2) is 4.72. The molecule has 0 aromatic carbocycles. The predicted molar refractivity (Wildman–Crippen MR) is 58.1 cm³/mol. The maximum absolute atomic E-state index is 11.5. The number of hydrogen-bond acceptors (Lipinski definition) is 3. The van der Waals surface area contributed by atoms with Crippen LogP contribution in [0.15, 0.2) is 0 Å². The molecule has 2 N–H and O–H groups in total. The molecule has 0 aromatic heterocycles. The number of aliphatic carboxylic acids is 1. The molecule has 0 heterocycles. The van der Waals surface area contributed by atoms with Crippen molar-refractivity contribution >= 4 is 12.1 Å². The molecule has 92 valence electrons. The van der Waals surface area contributed by atoms with E-state index in [0.29, 0.717) is 12.8 Å². The molecule has 0 bridgehead atoms. The van der Waals surface area contributed by atoms with Crippen LogP contribution in [0, 0.1) is 5.92 Å². The number of carboxylic acids is 1. The highest BCUT2D eigenvalue weighted by Crippen LogP contribution is 2.26. The summed E-state index contributed by atoms with van der Waals surface area (Å²) in [4.78, 5) is 22.3. The summed E-state index contributed by atoms with van der Waals surface area (Å²) < 4.78 is 5.08. The van der Waals surface area contributed by atoms with E-state index in [1.165, 1.54) is 0 Å². The molecule has 0 radical (unpaired) electrons. The largest absolute Gasteiger partial charge is 0.481 e. The van der Waals surface area contributed by atoms with Gasteiger partial charge >= 0.3 is 12.1 Å². The maximum Gasteiger partial charge on any atom is 0.407 e. The SMILES string of the molecule is CC(C)(C)OC(=O)N[C@@H]1CCC[C@@H]1C(=O)O. The first kappa shape index (κ1) is 12.8. The van der Waals surface area contributed by atoms with Gasteiger partial charge in [-0.2, -0.15) is 0 Å². The maximum atomic E-state index is 11.5. The van der Waals surface area contributed by atoms with E-state index in [9.17, 15) is 9.59 Å². The molecule has 1 rings (SSSR count). The van der Waals surface area contributed by atoms with Crippen LogP contribution in [-0.4, -0.2) is 28.8 Å². The van der Waals surface area contributed by atoms with E-state index >= 15 is 0 Å². The van der Waals surface area contributed by atoms with E-state index in [0.717, 1.165) is 6.42 Å². The number of carbonyl (C=O) groups excluding carboxylic acids is 1. The number of hydrogen-bond donors (Lipinski definition) is 2. The number of ether oxygens (including phenoxy) is 1. The van der Waals surface area contributed by atoms with Crippen LogP contribution < -0.4 is 5.32 Å². The van der Waals surface area contributed by atoms with Crippen LogP contribution in [0.5, 0.6) is 0 Å². The zero-order valence-corrected chi connectivity index (χ0v) is 9.95. The lowest BCUT2D eigenvalue weighted by Crippen LogP contribution is -2.42. The van der Waals surface area contributed by atoms with E-state index < -0.39 is 23.6 Å². The van der Waals surface area contributed by atoms with Gasteiger partial charge in [-0.1, -0.05) is 6.42 Å². The van der Waals surface area contributed by atoms with Crippen LogP contribution in [0.25, 0.3) is 0 Å². The first-order valence-corrected chi connectivity index (χ1v) is 5.52. The van der Waals surface area contributed by atoms with Crippen LogP contribution in [-0.2, 0) is 9.53 Å². The lowest BCUT2D eigenvalue weighted by atomic mass is 10.0. The molecule has 16 heavy (non-hydrogen) atoms. The summed E-state index contributed by atoms with van der Waals surface area (Å²) in [5, 5.41) is 11.6. The molecule has 1 saturated carbocycles. The molecule has 2 atom stereocenters. The molecule has 5 heteroatoms. The molecule has 1 fully saturated rings. The molecule has 5 nitrogen and oxygen atoms in total. The molecular weight excluding hydrogens is 210 g/mol. The lowest BCUT2D eigenvalue weighted by molar-refractivity contribution is -0.142. The second-order valence-corrected chi connectivity index (χ2v) is 5.13. The van der Waals surface area contributed by atoms with E-state index in [1.54, 1.807) is 20.8 Å². The minimum Gasteiger partial charge on any atom is -0.481 e. The van der Waals surface area contributed by atoms with Crippen molar-refractivity contribution < 1.29 is 19.4 Å². The Morgan fingerprint density at radius 1 is 1.31 bits per heavy atom. The van der Waals surface area contributed by atoms with Gasteiger partial charge in [-0.3, -0.25) is 4.79 Å².